The summed E-state index contributed by atoms with van der Waals surface area (Å²) in [5, 5.41) is 2.86. The van der Waals surface area contributed by atoms with Crippen molar-refractivity contribution in [1.29, 1.82) is 0 Å². The summed E-state index contributed by atoms with van der Waals surface area (Å²) in [6.45, 7) is 1.74. The molecule has 3 rings (SSSR count). The van der Waals surface area contributed by atoms with Crippen LogP contribution in [0.5, 0.6) is 0 Å². The normalized spacial score (nSPS) is 11.3. The first-order valence-electron chi connectivity index (χ1n) is 8.68. The van der Waals surface area contributed by atoms with Crippen molar-refractivity contribution in [3.05, 3.63) is 82.7 Å². The molecule has 0 aliphatic carbocycles. The third-order valence-electron chi connectivity index (χ3n) is 4.24. The number of aromatic nitrogens is 3. The average molecular weight is 401 g/mol. The van der Waals surface area contributed by atoms with Crippen LogP contribution in [0, 0.1) is 6.92 Å². The highest BCUT2D eigenvalue weighted by Crippen LogP contribution is 2.32. The minimum Gasteiger partial charge on any atom is -0.380 e. The molecule has 0 atom stereocenters. The molecule has 29 heavy (non-hydrogen) atoms. The van der Waals surface area contributed by atoms with Gasteiger partial charge in [-0.15, -0.1) is 0 Å². The van der Waals surface area contributed by atoms with Crippen LogP contribution in [0.3, 0.4) is 0 Å². The molecule has 0 aliphatic rings. The van der Waals surface area contributed by atoms with Crippen LogP contribution in [-0.4, -0.2) is 20.9 Å². The molecule has 0 unspecified atom stereocenters. The molecule has 0 aromatic carbocycles. The monoisotopic (exact) mass is 401 g/mol. The molecule has 0 radical (unpaired) electrons. The van der Waals surface area contributed by atoms with E-state index in [1.165, 1.54) is 6.20 Å². The van der Waals surface area contributed by atoms with E-state index < -0.39 is 17.6 Å². The minimum absolute atomic E-state index is 0.0472. The van der Waals surface area contributed by atoms with Crippen LogP contribution in [0.2, 0.25) is 0 Å². The summed E-state index contributed by atoms with van der Waals surface area (Å²) in [7, 11) is 0. The van der Waals surface area contributed by atoms with E-state index in [-0.39, 0.29) is 17.7 Å². The van der Waals surface area contributed by atoms with Gasteiger partial charge < -0.3 is 11.1 Å². The number of anilines is 1. The van der Waals surface area contributed by atoms with Gasteiger partial charge in [-0.3, -0.25) is 19.7 Å². The number of primary amides is 1. The van der Waals surface area contributed by atoms with Gasteiger partial charge in [-0.1, -0.05) is 6.07 Å². The Bertz CT molecular complexity index is 1020. The summed E-state index contributed by atoms with van der Waals surface area (Å²) >= 11 is 0. The summed E-state index contributed by atoms with van der Waals surface area (Å²) in [5.41, 5.74) is 7.31. The van der Waals surface area contributed by atoms with E-state index in [2.05, 4.69) is 20.3 Å². The third-order valence-corrected chi connectivity index (χ3v) is 4.24. The lowest BCUT2D eigenvalue weighted by Crippen LogP contribution is -2.17. The molecule has 6 nitrogen and oxygen atoms in total. The van der Waals surface area contributed by atoms with Crippen LogP contribution in [0.1, 0.15) is 38.4 Å². The molecular weight excluding hydrogens is 383 g/mol. The number of hydrogen-bond donors (Lipinski definition) is 2. The Hall–Kier alpha value is -3.49. The number of halogens is 3. The number of alkyl halides is 3. The predicted molar refractivity (Wildman–Crippen MR) is 101 cm³/mol. The summed E-state index contributed by atoms with van der Waals surface area (Å²) in [6, 6.07) is 6.27. The molecule has 3 N–H and O–H groups in total. The Balaban J connectivity index is 1.86. The van der Waals surface area contributed by atoms with E-state index in [0.717, 1.165) is 29.7 Å². The summed E-state index contributed by atoms with van der Waals surface area (Å²) in [4.78, 5) is 24.0. The van der Waals surface area contributed by atoms with Crippen molar-refractivity contribution in [2.45, 2.75) is 26.1 Å². The standard InChI is InChI=1S/C20H18F3N5O/c1-12-2-3-14(26-8-12)6-15-7-18(16(11-27-15)19(24)29)28-10-13-9-25-5-4-17(13)20(21,22)23/h2-5,7-9,11H,6,10H2,1H3,(H2,24,29)(H,27,28). The average Bonchev–Trinajstić information content (AvgIpc) is 2.67. The number of carbonyl (C=O) groups excluding carboxylic acids is 1. The maximum absolute atomic E-state index is 13.2. The van der Waals surface area contributed by atoms with E-state index in [0.29, 0.717) is 17.8 Å². The van der Waals surface area contributed by atoms with Crippen molar-refractivity contribution >= 4 is 11.6 Å². The molecule has 3 aromatic heterocycles. The minimum atomic E-state index is -4.51. The van der Waals surface area contributed by atoms with E-state index in [1.807, 2.05) is 19.1 Å². The lowest BCUT2D eigenvalue weighted by Gasteiger charge is -2.15. The van der Waals surface area contributed by atoms with Gasteiger partial charge in [0.05, 0.1) is 16.8 Å². The van der Waals surface area contributed by atoms with E-state index in [9.17, 15) is 18.0 Å². The zero-order valence-corrected chi connectivity index (χ0v) is 15.5. The van der Waals surface area contributed by atoms with Gasteiger partial charge in [0.15, 0.2) is 0 Å². The molecule has 0 spiro atoms. The largest absolute Gasteiger partial charge is 0.416 e. The quantitative estimate of drug-likeness (QED) is 0.659. The first-order chi connectivity index (χ1) is 13.7. The van der Waals surface area contributed by atoms with E-state index in [1.54, 1.807) is 12.3 Å². The Kier molecular flexibility index (Phi) is 5.76. The van der Waals surface area contributed by atoms with Gasteiger partial charge in [0.2, 0.25) is 0 Å². The topological polar surface area (TPSA) is 93.8 Å². The second-order valence-electron chi connectivity index (χ2n) is 6.47. The number of pyridine rings is 3. The Morgan fingerprint density at radius 2 is 1.86 bits per heavy atom. The molecular formula is C20H18F3N5O. The highest BCUT2D eigenvalue weighted by molar-refractivity contribution is 5.98. The van der Waals surface area contributed by atoms with Crippen LogP contribution in [-0.2, 0) is 19.1 Å². The van der Waals surface area contributed by atoms with Crippen molar-refractivity contribution in [3.63, 3.8) is 0 Å². The van der Waals surface area contributed by atoms with Crippen molar-refractivity contribution in [3.8, 4) is 0 Å². The summed E-state index contributed by atoms with van der Waals surface area (Å²) < 4.78 is 39.5. The highest BCUT2D eigenvalue weighted by atomic mass is 19.4. The second kappa shape index (κ2) is 8.26. The third kappa shape index (κ3) is 5.07. The molecule has 9 heteroatoms. The fraction of sp³-hybridized carbons (Fsp3) is 0.200. The van der Waals surface area contributed by atoms with Gasteiger partial charge in [0.1, 0.15) is 0 Å². The van der Waals surface area contributed by atoms with Crippen LogP contribution >= 0.6 is 0 Å². The first-order valence-corrected chi connectivity index (χ1v) is 8.68. The van der Waals surface area contributed by atoms with Gasteiger partial charge in [-0.25, -0.2) is 0 Å². The highest BCUT2D eigenvalue weighted by Gasteiger charge is 2.33. The van der Waals surface area contributed by atoms with Crippen molar-refractivity contribution in [2.75, 3.05) is 5.32 Å². The lowest BCUT2D eigenvalue weighted by molar-refractivity contribution is -0.138. The number of nitrogens with zero attached hydrogens (tertiary/aromatic N) is 3. The predicted octanol–water partition coefficient (Wildman–Crippen LogP) is 3.50. The maximum Gasteiger partial charge on any atom is 0.416 e. The van der Waals surface area contributed by atoms with E-state index in [4.69, 9.17) is 5.73 Å². The fourth-order valence-electron chi connectivity index (χ4n) is 2.76. The summed E-state index contributed by atoms with van der Waals surface area (Å²) in [6.07, 6.45) is 1.15. The lowest BCUT2D eigenvalue weighted by atomic mass is 10.1. The van der Waals surface area contributed by atoms with Crippen LogP contribution in [0.15, 0.2) is 49.1 Å². The summed E-state index contributed by atoms with van der Waals surface area (Å²) in [5.74, 6) is -0.734. The number of aryl methyl sites for hydroxylation is 1. The molecule has 150 valence electrons. The Morgan fingerprint density at radius 1 is 1.10 bits per heavy atom. The molecule has 3 aromatic rings. The number of nitrogens with two attached hydrogens (primary N) is 1. The molecule has 0 bridgehead atoms. The Labute approximate surface area is 165 Å². The van der Waals surface area contributed by atoms with Gasteiger partial charge in [0, 0.05) is 54.7 Å². The molecule has 0 saturated carbocycles. The van der Waals surface area contributed by atoms with Crippen LogP contribution in [0.25, 0.3) is 0 Å². The molecule has 3 heterocycles. The van der Waals surface area contributed by atoms with Crippen molar-refractivity contribution < 1.29 is 18.0 Å². The van der Waals surface area contributed by atoms with Gasteiger partial charge in [-0.05, 0) is 30.7 Å². The number of nitrogens with one attached hydrogen (secondary N) is 1. The second-order valence-corrected chi connectivity index (χ2v) is 6.47. The molecule has 0 saturated heterocycles. The van der Waals surface area contributed by atoms with Crippen LogP contribution in [0.4, 0.5) is 18.9 Å². The van der Waals surface area contributed by atoms with E-state index >= 15 is 0 Å². The SMILES string of the molecule is Cc1ccc(Cc2cc(NCc3cnccc3C(F)(F)F)c(C(N)=O)cn2)nc1. The molecule has 0 aliphatic heterocycles. The zero-order valence-electron chi connectivity index (χ0n) is 15.5. The van der Waals surface area contributed by atoms with Gasteiger partial charge >= 0.3 is 6.18 Å². The van der Waals surface area contributed by atoms with Gasteiger partial charge in [0.25, 0.3) is 5.91 Å². The zero-order chi connectivity index (χ0) is 21.0. The molecule has 1 amide bonds. The smallest absolute Gasteiger partial charge is 0.380 e. The number of hydrogen-bond acceptors (Lipinski definition) is 5. The number of amides is 1. The first kappa shape index (κ1) is 20.2. The number of carbonyl (C=O) groups is 1. The maximum atomic E-state index is 13.2. The van der Waals surface area contributed by atoms with Crippen molar-refractivity contribution in [2.24, 2.45) is 5.73 Å². The Morgan fingerprint density at radius 3 is 2.52 bits per heavy atom. The van der Waals surface area contributed by atoms with Crippen molar-refractivity contribution in [1.82, 2.24) is 15.0 Å². The van der Waals surface area contributed by atoms with Crippen LogP contribution < -0.4 is 11.1 Å². The fourth-order valence-corrected chi connectivity index (χ4v) is 2.76. The molecule has 0 fully saturated rings. The number of rotatable bonds is 6. The van der Waals surface area contributed by atoms with Gasteiger partial charge in [-0.2, -0.15) is 13.2 Å².